The van der Waals surface area contributed by atoms with Crippen molar-refractivity contribution >= 4 is 34.4 Å². The first-order chi connectivity index (χ1) is 19.6. The minimum atomic E-state index is -0.542. The number of non-ortho nitro benzene ring substituents is 1. The molecule has 0 fully saturated rings. The van der Waals surface area contributed by atoms with Crippen LogP contribution in [0.5, 0.6) is 0 Å². The lowest BCUT2D eigenvalue weighted by atomic mass is 10.1. The molecule has 2 heterocycles. The van der Waals surface area contributed by atoms with E-state index in [1.165, 1.54) is 57.6 Å². The first kappa shape index (κ1) is 27.7. The number of hydrazine groups is 1. The largest absolute Gasteiger partial charge is 0.400 e. The standard InChI is InChI=1S/C30H26FN5O4S/c1-18(32)27(35(33)17-19-5-3-2-4-6-19)28(37)26-15-21-13-14-34(25-16-22(31)9-12-24(25)29(21)41-26)30(38)20-7-10-23(11-8-20)36(39)40/h2-12,15-16H,13-14,17,32-33H2,1H3/b27-18-. The van der Waals surface area contributed by atoms with E-state index >= 15 is 0 Å². The number of carbonyl (C=O) groups excluding carboxylic acids is 2. The van der Waals surface area contributed by atoms with E-state index in [-0.39, 0.29) is 41.5 Å². The Labute approximate surface area is 239 Å². The van der Waals surface area contributed by atoms with Gasteiger partial charge in [-0.05, 0) is 60.9 Å². The van der Waals surface area contributed by atoms with E-state index in [0.717, 1.165) is 16.0 Å². The number of Topliss-reactive ketones (excluding diaryl/α,β-unsaturated/α-hetero) is 1. The summed E-state index contributed by atoms with van der Waals surface area (Å²) in [5.74, 6) is 5.05. The Kier molecular flexibility index (Phi) is 7.64. The third-order valence-corrected chi connectivity index (χ3v) is 7.98. The maximum absolute atomic E-state index is 14.5. The van der Waals surface area contributed by atoms with Crippen LogP contribution < -0.4 is 16.5 Å². The molecule has 0 aliphatic carbocycles. The summed E-state index contributed by atoms with van der Waals surface area (Å²) in [7, 11) is 0. The number of hydrogen-bond donors (Lipinski definition) is 2. The number of fused-ring (bicyclic) bond motifs is 3. The van der Waals surface area contributed by atoms with Crippen LogP contribution in [0.15, 0.2) is 90.3 Å². The Hall–Kier alpha value is -4.87. The number of carbonyl (C=O) groups is 2. The first-order valence-corrected chi connectivity index (χ1v) is 13.5. The molecule has 1 aromatic heterocycles. The van der Waals surface area contributed by atoms with Crippen LogP contribution in [0.4, 0.5) is 15.8 Å². The molecule has 4 aromatic rings. The molecule has 1 aliphatic rings. The Morgan fingerprint density at radius 1 is 1.07 bits per heavy atom. The number of halogens is 1. The van der Waals surface area contributed by atoms with Crippen molar-refractivity contribution < 1.29 is 18.9 Å². The van der Waals surface area contributed by atoms with Gasteiger partial charge in [-0.2, -0.15) is 0 Å². The van der Waals surface area contributed by atoms with Gasteiger partial charge in [0, 0.05) is 40.4 Å². The highest BCUT2D eigenvalue weighted by molar-refractivity contribution is 7.17. The number of thiophene rings is 1. The van der Waals surface area contributed by atoms with Crippen LogP contribution in [0.2, 0.25) is 0 Å². The second-order valence-corrected chi connectivity index (χ2v) is 10.7. The molecule has 0 bridgehead atoms. The molecule has 208 valence electrons. The van der Waals surface area contributed by atoms with E-state index in [4.69, 9.17) is 11.6 Å². The molecule has 3 aromatic carbocycles. The number of ketones is 1. The number of amides is 1. The van der Waals surface area contributed by atoms with Gasteiger partial charge in [0.25, 0.3) is 11.6 Å². The maximum atomic E-state index is 14.5. The van der Waals surface area contributed by atoms with Crippen LogP contribution in [0.3, 0.4) is 0 Å². The van der Waals surface area contributed by atoms with Gasteiger partial charge in [-0.3, -0.25) is 19.7 Å². The van der Waals surface area contributed by atoms with Crippen LogP contribution >= 0.6 is 11.3 Å². The van der Waals surface area contributed by atoms with Gasteiger partial charge in [-0.25, -0.2) is 10.2 Å². The first-order valence-electron chi connectivity index (χ1n) is 12.7. The van der Waals surface area contributed by atoms with Crippen molar-refractivity contribution in [2.24, 2.45) is 11.6 Å². The zero-order valence-corrected chi connectivity index (χ0v) is 22.9. The number of rotatable bonds is 7. The average molecular weight is 572 g/mol. The molecule has 41 heavy (non-hydrogen) atoms. The second kappa shape index (κ2) is 11.3. The fourth-order valence-electron chi connectivity index (χ4n) is 4.83. The number of nitro benzene ring substituents is 1. The van der Waals surface area contributed by atoms with Gasteiger partial charge >= 0.3 is 0 Å². The molecule has 0 saturated carbocycles. The van der Waals surface area contributed by atoms with Gasteiger partial charge in [0.15, 0.2) is 0 Å². The molecule has 1 amide bonds. The highest BCUT2D eigenvalue weighted by atomic mass is 32.1. The summed E-state index contributed by atoms with van der Waals surface area (Å²) in [5, 5.41) is 12.4. The quantitative estimate of drug-likeness (QED) is 0.0995. The van der Waals surface area contributed by atoms with E-state index in [1.54, 1.807) is 19.1 Å². The van der Waals surface area contributed by atoms with Crippen molar-refractivity contribution in [3.63, 3.8) is 0 Å². The number of hydrogen-bond acceptors (Lipinski definition) is 8. The molecular formula is C30H26FN5O4S. The van der Waals surface area contributed by atoms with E-state index in [9.17, 15) is 24.1 Å². The lowest BCUT2D eigenvalue weighted by Gasteiger charge is -2.23. The molecule has 1 aliphatic heterocycles. The summed E-state index contributed by atoms with van der Waals surface area (Å²) >= 11 is 1.23. The van der Waals surface area contributed by atoms with Gasteiger partial charge in [0.1, 0.15) is 11.5 Å². The highest BCUT2D eigenvalue weighted by Crippen LogP contribution is 2.43. The molecule has 9 nitrogen and oxygen atoms in total. The second-order valence-electron chi connectivity index (χ2n) is 9.61. The van der Waals surface area contributed by atoms with Crippen molar-refractivity contribution in [3.8, 4) is 10.4 Å². The minimum absolute atomic E-state index is 0.135. The molecule has 5 rings (SSSR count). The Morgan fingerprint density at radius 2 is 1.78 bits per heavy atom. The number of anilines is 1. The highest BCUT2D eigenvalue weighted by Gasteiger charge is 2.30. The number of benzene rings is 3. The number of nitrogens with two attached hydrogens (primary N) is 2. The molecule has 0 radical (unpaired) electrons. The lowest BCUT2D eigenvalue weighted by molar-refractivity contribution is -0.384. The maximum Gasteiger partial charge on any atom is 0.269 e. The smallest absolute Gasteiger partial charge is 0.269 e. The topological polar surface area (TPSA) is 136 Å². The van der Waals surface area contributed by atoms with Crippen LogP contribution in [0, 0.1) is 15.9 Å². The molecule has 0 atom stereocenters. The zero-order valence-electron chi connectivity index (χ0n) is 22.0. The van der Waals surface area contributed by atoms with Crippen LogP contribution in [-0.4, -0.2) is 28.2 Å². The molecule has 4 N–H and O–H groups in total. The zero-order chi connectivity index (χ0) is 29.3. The van der Waals surface area contributed by atoms with Crippen molar-refractivity contribution in [2.75, 3.05) is 11.4 Å². The number of allylic oxidation sites excluding steroid dienone is 2. The molecular weight excluding hydrogens is 545 g/mol. The summed E-state index contributed by atoms with van der Waals surface area (Å²) in [6.45, 7) is 2.11. The van der Waals surface area contributed by atoms with Gasteiger partial charge in [-0.15, -0.1) is 11.3 Å². The normalized spacial score (nSPS) is 13.0. The lowest BCUT2D eigenvalue weighted by Crippen LogP contribution is -2.35. The molecule has 0 unspecified atom stereocenters. The Morgan fingerprint density at radius 3 is 2.44 bits per heavy atom. The fraction of sp³-hybridized carbons (Fsp3) is 0.133. The van der Waals surface area contributed by atoms with E-state index in [0.29, 0.717) is 22.5 Å². The van der Waals surface area contributed by atoms with Crippen molar-refractivity contribution in [1.29, 1.82) is 0 Å². The van der Waals surface area contributed by atoms with E-state index in [2.05, 4.69) is 0 Å². The van der Waals surface area contributed by atoms with Gasteiger partial charge in [-0.1, -0.05) is 30.3 Å². The van der Waals surface area contributed by atoms with Gasteiger partial charge in [0.2, 0.25) is 5.78 Å². The fourth-order valence-corrected chi connectivity index (χ4v) is 6.02. The Balaban J connectivity index is 1.48. The summed E-state index contributed by atoms with van der Waals surface area (Å²) < 4.78 is 14.5. The molecule has 0 spiro atoms. The van der Waals surface area contributed by atoms with Crippen molar-refractivity contribution in [3.05, 3.63) is 128 Å². The van der Waals surface area contributed by atoms with Gasteiger partial charge in [0.05, 0.1) is 22.0 Å². The summed E-state index contributed by atoms with van der Waals surface area (Å²) in [5.41, 5.74) is 9.37. The third kappa shape index (κ3) is 5.58. The SMILES string of the molecule is C/C(N)=C(\C(=O)c1cc2c(s1)-c1ccc(F)cc1N(C(=O)c1ccc([N+](=O)[O-])cc1)CC2)N(N)Cc1ccccc1. The summed E-state index contributed by atoms with van der Waals surface area (Å²) in [6.07, 6.45) is 0.394. The minimum Gasteiger partial charge on any atom is -0.400 e. The monoisotopic (exact) mass is 571 g/mol. The van der Waals surface area contributed by atoms with Crippen molar-refractivity contribution in [2.45, 2.75) is 19.9 Å². The Bertz CT molecular complexity index is 1680. The number of nitro groups is 1. The molecule has 0 saturated heterocycles. The van der Waals surface area contributed by atoms with E-state index in [1.807, 2.05) is 30.3 Å². The van der Waals surface area contributed by atoms with Crippen LogP contribution in [0.1, 0.15) is 38.1 Å². The van der Waals surface area contributed by atoms with Gasteiger partial charge < -0.3 is 15.6 Å². The molecule has 11 heteroatoms. The van der Waals surface area contributed by atoms with Crippen LogP contribution in [0.25, 0.3) is 10.4 Å². The van der Waals surface area contributed by atoms with E-state index < -0.39 is 16.6 Å². The third-order valence-electron chi connectivity index (χ3n) is 6.77. The van der Waals surface area contributed by atoms with Crippen LogP contribution in [-0.2, 0) is 13.0 Å². The average Bonchev–Trinajstić information content (AvgIpc) is 3.31. The van der Waals surface area contributed by atoms with Crippen molar-refractivity contribution in [1.82, 2.24) is 5.01 Å². The summed E-state index contributed by atoms with van der Waals surface area (Å²) in [4.78, 5) is 40.3. The predicted molar refractivity (Wildman–Crippen MR) is 156 cm³/mol. The predicted octanol–water partition coefficient (Wildman–Crippen LogP) is 5.41. The summed E-state index contributed by atoms with van der Waals surface area (Å²) in [6, 6.07) is 20.7. The number of nitrogens with zero attached hydrogens (tertiary/aromatic N) is 3.